The van der Waals surface area contributed by atoms with E-state index in [1.165, 1.54) is 6.92 Å². The predicted molar refractivity (Wildman–Crippen MR) is 125 cm³/mol. The fourth-order valence-electron chi connectivity index (χ4n) is 4.22. The van der Waals surface area contributed by atoms with E-state index >= 15 is 0 Å². The van der Waals surface area contributed by atoms with Crippen LogP contribution in [-0.4, -0.2) is 91.4 Å². The summed E-state index contributed by atoms with van der Waals surface area (Å²) in [6.45, 7) is 1.65. The number of aliphatic carboxylic acids is 2. The minimum Gasteiger partial charge on any atom is -0.481 e. The number of rotatable bonds is 11. The number of halogens is 3. The van der Waals surface area contributed by atoms with Gasteiger partial charge in [-0.05, 0) is 26.2 Å². The van der Waals surface area contributed by atoms with Crippen LogP contribution in [0.3, 0.4) is 0 Å². The number of carboxylic acid groups (broad SMARTS) is 2. The summed E-state index contributed by atoms with van der Waals surface area (Å²) in [5, 5.41) is 32.8. The number of nitrogens with one attached hydrogen (secondary N) is 3. The van der Waals surface area contributed by atoms with Crippen LogP contribution >= 0.6 is 34.8 Å². The Morgan fingerprint density at radius 3 is 2.40 bits per heavy atom. The molecule has 35 heavy (non-hydrogen) atoms. The highest BCUT2D eigenvalue weighted by Gasteiger charge is 2.74. The molecule has 0 bridgehead atoms. The third-order valence-electron chi connectivity index (χ3n) is 6.11. The van der Waals surface area contributed by atoms with Crippen LogP contribution < -0.4 is 21.7 Å². The molecule has 1 saturated heterocycles. The summed E-state index contributed by atoms with van der Waals surface area (Å²) in [6, 6.07) is -2.89. The van der Waals surface area contributed by atoms with Gasteiger partial charge in [0.1, 0.15) is 17.5 Å². The summed E-state index contributed by atoms with van der Waals surface area (Å²) < 4.78 is 0. The number of carboxylic acids is 2. The zero-order valence-electron chi connectivity index (χ0n) is 18.7. The molecule has 0 aromatic rings. The molecular formula is C20H29Cl3N4O8. The Labute approximate surface area is 216 Å². The minimum atomic E-state index is -1.66. The molecule has 3 amide bonds. The summed E-state index contributed by atoms with van der Waals surface area (Å²) in [6.07, 6.45) is -1.18. The van der Waals surface area contributed by atoms with Gasteiger partial charge in [-0.2, -0.15) is 0 Å². The maximum atomic E-state index is 13.1. The molecule has 0 spiro atoms. The van der Waals surface area contributed by atoms with Crippen molar-refractivity contribution >= 4 is 64.5 Å². The van der Waals surface area contributed by atoms with E-state index in [4.69, 9.17) is 40.5 Å². The van der Waals surface area contributed by atoms with Gasteiger partial charge in [0.15, 0.2) is 0 Å². The Hall–Kier alpha value is -1.86. The molecule has 1 heterocycles. The minimum absolute atomic E-state index is 0.0769. The Kier molecular flexibility index (Phi) is 10.0. The van der Waals surface area contributed by atoms with Crippen molar-refractivity contribution in [2.24, 2.45) is 17.6 Å². The third kappa shape index (κ3) is 7.10. The van der Waals surface area contributed by atoms with E-state index < -0.39 is 81.7 Å². The SMILES string of the molecule is CC(O)CC(Cl)C1(Cl)C(C(=O)NC(CC(=O)O)C(=O)NC2CCC(N)CNC2=O)C1C(Cl)C(=O)O. The van der Waals surface area contributed by atoms with E-state index in [0.29, 0.717) is 6.42 Å². The van der Waals surface area contributed by atoms with E-state index in [1.807, 2.05) is 0 Å². The molecule has 1 aliphatic heterocycles. The molecule has 15 heteroatoms. The normalized spacial score (nSPS) is 31.7. The van der Waals surface area contributed by atoms with Gasteiger partial charge in [-0.15, -0.1) is 34.8 Å². The summed E-state index contributed by atoms with van der Waals surface area (Å²) in [5.74, 6) is -7.66. The molecule has 9 atom stereocenters. The molecule has 8 N–H and O–H groups in total. The lowest BCUT2D eigenvalue weighted by Gasteiger charge is -2.22. The van der Waals surface area contributed by atoms with Gasteiger partial charge in [0.05, 0.1) is 28.7 Å². The number of hydrogen-bond donors (Lipinski definition) is 7. The molecule has 1 aliphatic carbocycles. The van der Waals surface area contributed by atoms with Gasteiger partial charge in [0, 0.05) is 18.5 Å². The highest BCUT2D eigenvalue weighted by molar-refractivity contribution is 6.39. The largest absolute Gasteiger partial charge is 0.481 e. The van der Waals surface area contributed by atoms with Crippen LogP contribution in [0.25, 0.3) is 0 Å². The van der Waals surface area contributed by atoms with Gasteiger partial charge in [-0.3, -0.25) is 24.0 Å². The van der Waals surface area contributed by atoms with Crippen LogP contribution in [0.15, 0.2) is 0 Å². The molecule has 0 radical (unpaired) electrons. The first-order valence-electron chi connectivity index (χ1n) is 10.9. The highest BCUT2D eigenvalue weighted by Crippen LogP contribution is 2.63. The van der Waals surface area contributed by atoms with E-state index in [1.54, 1.807) is 0 Å². The molecule has 2 fully saturated rings. The number of hydrogen-bond acceptors (Lipinski definition) is 7. The average Bonchev–Trinajstić information content (AvgIpc) is 3.42. The Bertz CT molecular complexity index is 862. The Morgan fingerprint density at radius 2 is 1.86 bits per heavy atom. The first-order valence-corrected chi connectivity index (χ1v) is 12.2. The lowest BCUT2D eigenvalue weighted by Crippen LogP contribution is -2.54. The molecule has 0 aromatic carbocycles. The van der Waals surface area contributed by atoms with Crippen molar-refractivity contribution in [1.29, 1.82) is 0 Å². The van der Waals surface area contributed by atoms with Crippen LogP contribution in [0, 0.1) is 11.8 Å². The first-order chi connectivity index (χ1) is 16.2. The summed E-state index contributed by atoms with van der Waals surface area (Å²) >= 11 is 18.8. The number of amides is 3. The number of nitrogens with two attached hydrogens (primary N) is 1. The van der Waals surface area contributed by atoms with Crippen LogP contribution in [0.4, 0.5) is 0 Å². The van der Waals surface area contributed by atoms with Crippen molar-refractivity contribution in [2.75, 3.05) is 6.54 Å². The van der Waals surface area contributed by atoms with E-state index in [-0.39, 0.29) is 25.4 Å². The zero-order valence-corrected chi connectivity index (χ0v) is 21.0. The monoisotopic (exact) mass is 558 g/mol. The number of aliphatic hydroxyl groups excluding tert-OH is 1. The van der Waals surface area contributed by atoms with Gasteiger partial charge in [0.2, 0.25) is 17.7 Å². The summed E-state index contributed by atoms with van der Waals surface area (Å²) in [5.41, 5.74) is 5.81. The van der Waals surface area contributed by atoms with Crippen LogP contribution in [0.1, 0.15) is 32.6 Å². The number of carbonyl (C=O) groups excluding carboxylic acids is 3. The van der Waals surface area contributed by atoms with Gasteiger partial charge in [-0.1, -0.05) is 0 Å². The van der Waals surface area contributed by atoms with Crippen molar-refractivity contribution in [1.82, 2.24) is 16.0 Å². The highest BCUT2D eigenvalue weighted by atomic mass is 35.5. The summed E-state index contributed by atoms with van der Waals surface area (Å²) in [7, 11) is 0. The number of alkyl halides is 3. The Morgan fingerprint density at radius 1 is 1.23 bits per heavy atom. The quantitative estimate of drug-likeness (QED) is 0.154. The van der Waals surface area contributed by atoms with Gasteiger partial charge < -0.3 is 37.0 Å². The van der Waals surface area contributed by atoms with Crippen molar-refractivity contribution in [2.45, 2.75) is 72.5 Å². The van der Waals surface area contributed by atoms with E-state index in [2.05, 4.69) is 16.0 Å². The second kappa shape index (κ2) is 11.9. The van der Waals surface area contributed by atoms with Crippen LogP contribution in [0.2, 0.25) is 0 Å². The lowest BCUT2D eigenvalue weighted by atomic mass is 10.1. The lowest BCUT2D eigenvalue weighted by molar-refractivity contribution is -0.141. The maximum Gasteiger partial charge on any atom is 0.321 e. The maximum absolute atomic E-state index is 13.1. The van der Waals surface area contributed by atoms with Crippen LogP contribution in [0.5, 0.6) is 0 Å². The zero-order chi connectivity index (χ0) is 26.7. The van der Waals surface area contributed by atoms with Gasteiger partial charge >= 0.3 is 11.9 Å². The van der Waals surface area contributed by atoms with E-state index in [9.17, 15) is 39.3 Å². The van der Waals surface area contributed by atoms with Crippen molar-refractivity contribution in [3.63, 3.8) is 0 Å². The second-order valence-electron chi connectivity index (χ2n) is 8.93. The first kappa shape index (κ1) is 29.4. The predicted octanol–water partition coefficient (Wildman–Crippen LogP) is -1.04. The fourth-order valence-corrected chi connectivity index (χ4v) is 5.69. The molecule has 198 valence electrons. The van der Waals surface area contributed by atoms with Gasteiger partial charge in [0.25, 0.3) is 0 Å². The van der Waals surface area contributed by atoms with Crippen LogP contribution in [-0.2, 0) is 24.0 Å². The molecule has 0 aromatic heterocycles. The molecule has 2 aliphatic rings. The third-order valence-corrected chi connectivity index (χ3v) is 7.97. The van der Waals surface area contributed by atoms with E-state index in [0.717, 1.165) is 0 Å². The molecule has 1 saturated carbocycles. The van der Waals surface area contributed by atoms with Crippen molar-refractivity contribution in [3.05, 3.63) is 0 Å². The molecule has 2 rings (SSSR count). The standard InChI is InChI=1S/C20H29Cl3N4O8/c1-7(28)4-11(21)20(23)13(15(22)19(34)35)14(20)18(33)27-10(5-12(29)30)17(32)26-9-3-2-8(24)6-25-16(9)31/h7-11,13-15,28H,2-6,24H2,1H3,(H,25,31)(H,26,32)(H,27,33)(H,29,30)(H,34,35). The Balaban J connectivity index is 2.20. The van der Waals surface area contributed by atoms with Crippen molar-refractivity contribution < 1.29 is 39.3 Å². The van der Waals surface area contributed by atoms with Crippen molar-refractivity contribution in [3.8, 4) is 0 Å². The average molecular weight is 560 g/mol. The second-order valence-corrected chi connectivity index (χ2v) is 10.6. The van der Waals surface area contributed by atoms with Gasteiger partial charge in [-0.25, -0.2) is 0 Å². The number of carbonyl (C=O) groups is 5. The summed E-state index contributed by atoms with van der Waals surface area (Å²) in [4.78, 5) is 59.2. The smallest absolute Gasteiger partial charge is 0.321 e. The topological polar surface area (TPSA) is 208 Å². The molecular weight excluding hydrogens is 531 g/mol. The number of aliphatic hydroxyl groups is 1. The molecule has 9 unspecified atom stereocenters. The molecule has 12 nitrogen and oxygen atoms in total. The fraction of sp³-hybridized carbons (Fsp3) is 0.750.